The van der Waals surface area contributed by atoms with E-state index in [0.29, 0.717) is 26.1 Å². The van der Waals surface area contributed by atoms with Crippen molar-refractivity contribution in [3.8, 4) is 6.07 Å². The van der Waals surface area contributed by atoms with E-state index < -0.39 is 5.60 Å². The highest BCUT2D eigenvalue weighted by Crippen LogP contribution is 2.18. The minimum Gasteiger partial charge on any atom is -0.381 e. The Kier molecular flexibility index (Phi) is 1.70. The minimum absolute atomic E-state index is 0.448. The first-order valence-electron chi connectivity index (χ1n) is 2.98. The van der Waals surface area contributed by atoms with E-state index in [1.54, 1.807) is 0 Å². The molecule has 3 heteroatoms. The van der Waals surface area contributed by atoms with Gasteiger partial charge in [0, 0.05) is 12.8 Å². The fourth-order valence-corrected chi connectivity index (χ4v) is 0.821. The van der Waals surface area contributed by atoms with Gasteiger partial charge < -0.3 is 9.84 Å². The Balaban J connectivity index is 2.49. The highest BCUT2D eigenvalue weighted by atomic mass is 16.5. The van der Waals surface area contributed by atoms with E-state index in [0.717, 1.165) is 0 Å². The lowest BCUT2D eigenvalue weighted by Crippen LogP contribution is -2.34. The van der Waals surface area contributed by atoms with Crippen LogP contribution in [0.15, 0.2) is 0 Å². The number of hydrogen-bond acceptors (Lipinski definition) is 3. The minimum atomic E-state index is -1.10. The fraction of sp³-hybridized carbons (Fsp3) is 0.833. The Hall–Kier alpha value is -0.590. The number of ether oxygens (including phenoxy) is 1. The van der Waals surface area contributed by atoms with Crippen LogP contribution in [0.2, 0.25) is 0 Å². The summed E-state index contributed by atoms with van der Waals surface area (Å²) in [5.41, 5.74) is -1.10. The molecule has 0 unspecified atom stereocenters. The second-order valence-corrected chi connectivity index (χ2v) is 2.26. The molecule has 0 aliphatic carbocycles. The van der Waals surface area contributed by atoms with Crippen LogP contribution in [0.4, 0.5) is 0 Å². The van der Waals surface area contributed by atoms with Crippen LogP contribution < -0.4 is 0 Å². The Bertz CT molecular complexity index is 132. The van der Waals surface area contributed by atoms with Gasteiger partial charge in [0.25, 0.3) is 0 Å². The molecule has 3 nitrogen and oxygen atoms in total. The summed E-state index contributed by atoms with van der Waals surface area (Å²) in [6, 6.07) is 1.86. The van der Waals surface area contributed by atoms with Crippen molar-refractivity contribution in [3.05, 3.63) is 0 Å². The summed E-state index contributed by atoms with van der Waals surface area (Å²) in [5.74, 6) is 0. The molecule has 0 atom stereocenters. The average Bonchev–Trinajstić information content (AvgIpc) is 1.90. The molecule has 9 heavy (non-hydrogen) atoms. The molecule has 0 saturated carbocycles. The van der Waals surface area contributed by atoms with Gasteiger partial charge in [0.1, 0.15) is 0 Å². The third-order valence-electron chi connectivity index (χ3n) is 1.53. The van der Waals surface area contributed by atoms with E-state index in [-0.39, 0.29) is 0 Å². The van der Waals surface area contributed by atoms with E-state index in [4.69, 9.17) is 10.00 Å². The standard InChI is InChI=1S/C6H9NO2/c7-5-6(8)1-3-9-4-2-6/h8H,1-4H2. The third-order valence-corrected chi connectivity index (χ3v) is 1.53. The molecule has 0 aromatic rings. The molecule has 1 aliphatic rings. The Morgan fingerprint density at radius 1 is 1.44 bits per heavy atom. The first-order chi connectivity index (χ1) is 4.27. The van der Waals surface area contributed by atoms with E-state index in [1.807, 2.05) is 6.07 Å². The largest absolute Gasteiger partial charge is 0.381 e. The highest BCUT2D eigenvalue weighted by molar-refractivity contribution is 5.00. The highest BCUT2D eigenvalue weighted by Gasteiger charge is 2.28. The molecule has 1 heterocycles. The summed E-state index contributed by atoms with van der Waals surface area (Å²) in [4.78, 5) is 0. The Morgan fingerprint density at radius 3 is 2.33 bits per heavy atom. The van der Waals surface area contributed by atoms with Crippen LogP contribution in [0, 0.1) is 11.3 Å². The molecule has 0 aromatic heterocycles. The topological polar surface area (TPSA) is 53.2 Å². The fourth-order valence-electron chi connectivity index (χ4n) is 0.821. The average molecular weight is 127 g/mol. The number of rotatable bonds is 0. The van der Waals surface area contributed by atoms with Gasteiger partial charge in [-0.1, -0.05) is 0 Å². The zero-order valence-electron chi connectivity index (χ0n) is 5.13. The Morgan fingerprint density at radius 2 is 2.00 bits per heavy atom. The molecular formula is C6H9NO2. The summed E-state index contributed by atoms with van der Waals surface area (Å²) in [5, 5.41) is 17.6. The van der Waals surface area contributed by atoms with Crippen molar-refractivity contribution < 1.29 is 9.84 Å². The number of nitriles is 1. The molecule has 0 radical (unpaired) electrons. The van der Waals surface area contributed by atoms with Crippen molar-refractivity contribution in [1.29, 1.82) is 5.26 Å². The van der Waals surface area contributed by atoms with E-state index in [9.17, 15) is 5.11 Å². The van der Waals surface area contributed by atoms with Crippen molar-refractivity contribution in [2.45, 2.75) is 18.4 Å². The van der Waals surface area contributed by atoms with Crippen LogP contribution in [0.25, 0.3) is 0 Å². The summed E-state index contributed by atoms with van der Waals surface area (Å²) >= 11 is 0. The van der Waals surface area contributed by atoms with Gasteiger partial charge in [0.05, 0.1) is 19.3 Å². The van der Waals surface area contributed by atoms with Crippen LogP contribution in [0.1, 0.15) is 12.8 Å². The maximum atomic E-state index is 9.24. The number of hydrogen-bond donors (Lipinski definition) is 1. The zero-order valence-corrected chi connectivity index (χ0v) is 5.13. The van der Waals surface area contributed by atoms with Crippen LogP contribution in [-0.4, -0.2) is 23.9 Å². The molecule has 1 rings (SSSR count). The van der Waals surface area contributed by atoms with Gasteiger partial charge in [-0.2, -0.15) is 5.26 Å². The summed E-state index contributed by atoms with van der Waals surface area (Å²) < 4.78 is 4.96. The lowest BCUT2D eigenvalue weighted by molar-refractivity contribution is -0.0274. The SMILES string of the molecule is N#CC1(O)CCOCC1. The number of aliphatic hydroxyl groups is 1. The van der Waals surface area contributed by atoms with Crippen LogP contribution in [-0.2, 0) is 4.74 Å². The summed E-state index contributed by atoms with van der Waals surface area (Å²) in [6.45, 7) is 1.01. The van der Waals surface area contributed by atoms with Crippen molar-refractivity contribution in [2.75, 3.05) is 13.2 Å². The van der Waals surface area contributed by atoms with Gasteiger partial charge in [-0.05, 0) is 0 Å². The van der Waals surface area contributed by atoms with Gasteiger partial charge in [-0.25, -0.2) is 0 Å². The summed E-state index contributed by atoms with van der Waals surface area (Å²) in [6.07, 6.45) is 0.896. The van der Waals surface area contributed by atoms with Crippen molar-refractivity contribution in [1.82, 2.24) is 0 Å². The predicted molar refractivity (Wildman–Crippen MR) is 30.6 cm³/mol. The first kappa shape index (κ1) is 6.53. The van der Waals surface area contributed by atoms with Crippen molar-refractivity contribution >= 4 is 0 Å². The van der Waals surface area contributed by atoms with E-state index >= 15 is 0 Å². The molecule has 50 valence electrons. The van der Waals surface area contributed by atoms with Crippen LogP contribution >= 0.6 is 0 Å². The molecule has 1 fully saturated rings. The molecule has 0 aromatic carbocycles. The van der Waals surface area contributed by atoms with Crippen molar-refractivity contribution in [3.63, 3.8) is 0 Å². The smallest absolute Gasteiger partial charge is 0.155 e. The normalized spacial score (nSPS) is 24.9. The van der Waals surface area contributed by atoms with Gasteiger partial charge >= 0.3 is 0 Å². The lowest BCUT2D eigenvalue weighted by Gasteiger charge is -2.24. The quantitative estimate of drug-likeness (QED) is 0.468. The second-order valence-electron chi connectivity index (χ2n) is 2.26. The van der Waals surface area contributed by atoms with Gasteiger partial charge in [0.2, 0.25) is 0 Å². The van der Waals surface area contributed by atoms with E-state index in [1.165, 1.54) is 0 Å². The lowest BCUT2D eigenvalue weighted by atomic mass is 9.97. The monoisotopic (exact) mass is 127 g/mol. The van der Waals surface area contributed by atoms with E-state index in [2.05, 4.69) is 0 Å². The van der Waals surface area contributed by atoms with Gasteiger partial charge in [-0.15, -0.1) is 0 Å². The van der Waals surface area contributed by atoms with Gasteiger partial charge in [-0.3, -0.25) is 0 Å². The first-order valence-corrected chi connectivity index (χ1v) is 2.98. The number of nitrogens with zero attached hydrogens (tertiary/aromatic N) is 1. The Labute approximate surface area is 53.9 Å². The van der Waals surface area contributed by atoms with Crippen LogP contribution in [0.5, 0.6) is 0 Å². The molecule has 0 bridgehead atoms. The van der Waals surface area contributed by atoms with Gasteiger partial charge in [0.15, 0.2) is 5.60 Å². The van der Waals surface area contributed by atoms with Crippen molar-refractivity contribution in [2.24, 2.45) is 0 Å². The third kappa shape index (κ3) is 1.41. The predicted octanol–water partition coefficient (Wildman–Crippen LogP) is 0.0515. The maximum absolute atomic E-state index is 9.24. The second kappa shape index (κ2) is 2.34. The maximum Gasteiger partial charge on any atom is 0.155 e. The molecule has 1 N–H and O–H groups in total. The van der Waals surface area contributed by atoms with Crippen LogP contribution in [0.3, 0.4) is 0 Å². The molecule has 0 amide bonds. The molecule has 1 aliphatic heterocycles. The molecular weight excluding hydrogens is 118 g/mol. The molecule has 1 saturated heterocycles. The summed E-state index contributed by atoms with van der Waals surface area (Å²) in [7, 11) is 0. The zero-order chi connectivity index (χ0) is 6.74. The molecule has 0 spiro atoms.